The number of imide groups is 1. The summed E-state index contributed by atoms with van der Waals surface area (Å²) in [4.78, 5) is 25.0. The first-order valence-corrected chi connectivity index (χ1v) is 7.54. The minimum atomic E-state index is -0.503. The summed E-state index contributed by atoms with van der Waals surface area (Å²) in [5.74, 6) is 0.0375. The van der Waals surface area contributed by atoms with Gasteiger partial charge in [0, 0.05) is 6.54 Å². The summed E-state index contributed by atoms with van der Waals surface area (Å²) < 4.78 is 0. The second-order valence-corrected chi connectivity index (χ2v) is 6.10. The molecular formula is C15H23N3O2. The van der Waals surface area contributed by atoms with Crippen molar-refractivity contribution in [2.45, 2.75) is 51.5 Å². The molecule has 5 nitrogen and oxygen atoms in total. The predicted octanol–water partition coefficient (Wildman–Crippen LogP) is 1.44. The van der Waals surface area contributed by atoms with Crippen LogP contribution in [0.4, 0.5) is 0 Å². The largest absolute Gasteiger partial charge is 0.300 e. The number of fused-ring (bicyclic) bond motifs is 1. The Morgan fingerprint density at radius 2 is 2.00 bits per heavy atom. The zero-order chi connectivity index (χ0) is 14.8. The van der Waals surface area contributed by atoms with Gasteiger partial charge in [0.1, 0.15) is 5.54 Å². The SMILES string of the molecule is CCCNC(C)(C#N)CCCCN1C(=O)C2CC2C1=O. The van der Waals surface area contributed by atoms with Gasteiger partial charge in [-0.05, 0) is 45.6 Å². The standard InChI is InChI=1S/C15H23N3O2/c1-3-7-17-15(2,10-16)6-4-5-8-18-13(19)11-9-12(11)14(18)20/h11-12,17H,3-9H2,1-2H3. The molecule has 1 aliphatic carbocycles. The molecule has 0 aromatic rings. The molecular weight excluding hydrogens is 254 g/mol. The van der Waals surface area contributed by atoms with Gasteiger partial charge in [-0.1, -0.05) is 6.92 Å². The lowest BCUT2D eigenvalue weighted by Crippen LogP contribution is -2.41. The maximum absolute atomic E-state index is 11.8. The normalized spacial score (nSPS) is 27.1. The summed E-state index contributed by atoms with van der Waals surface area (Å²) in [6.07, 6.45) is 4.13. The molecule has 2 fully saturated rings. The highest BCUT2D eigenvalue weighted by Crippen LogP contribution is 2.46. The Morgan fingerprint density at radius 1 is 1.35 bits per heavy atom. The molecule has 110 valence electrons. The summed E-state index contributed by atoms with van der Waals surface area (Å²) in [5.41, 5.74) is -0.503. The van der Waals surface area contributed by atoms with E-state index in [1.165, 1.54) is 4.90 Å². The molecule has 1 saturated carbocycles. The molecule has 0 aromatic carbocycles. The van der Waals surface area contributed by atoms with Crippen molar-refractivity contribution < 1.29 is 9.59 Å². The van der Waals surface area contributed by atoms with Gasteiger partial charge in [-0.2, -0.15) is 5.26 Å². The molecule has 1 N–H and O–H groups in total. The zero-order valence-electron chi connectivity index (χ0n) is 12.3. The fourth-order valence-electron chi connectivity index (χ4n) is 2.80. The van der Waals surface area contributed by atoms with E-state index in [9.17, 15) is 14.9 Å². The number of carbonyl (C=O) groups is 2. The lowest BCUT2D eigenvalue weighted by molar-refractivity contribution is -0.141. The van der Waals surface area contributed by atoms with Crippen molar-refractivity contribution in [3.63, 3.8) is 0 Å². The summed E-state index contributed by atoms with van der Waals surface area (Å²) >= 11 is 0. The van der Waals surface area contributed by atoms with Crippen molar-refractivity contribution in [2.24, 2.45) is 11.8 Å². The third-order valence-electron chi connectivity index (χ3n) is 4.28. The molecule has 0 bridgehead atoms. The number of likely N-dealkylation sites (tertiary alicyclic amines) is 1. The van der Waals surface area contributed by atoms with Crippen LogP contribution >= 0.6 is 0 Å². The number of nitriles is 1. The smallest absolute Gasteiger partial charge is 0.233 e. The van der Waals surface area contributed by atoms with Crippen molar-refractivity contribution in [3.8, 4) is 6.07 Å². The Kier molecular flexibility index (Phi) is 4.44. The minimum absolute atomic E-state index is 0.00176. The van der Waals surface area contributed by atoms with Gasteiger partial charge < -0.3 is 0 Å². The fraction of sp³-hybridized carbons (Fsp3) is 0.800. The predicted molar refractivity (Wildman–Crippen MR) is 74.5 cm³/mol. The molecule has 0 spiro atoms. The van der Waals surface area contributed by atoms with Gasteiger partial charge in [-0.15, -0.1) is 0 Å². The Balaban J connectivity index is 1.70. The second-order valence-electron chi connectivity index (χ2n) is 6.10. The third-order valence-corrected chi connectivity index (χ3v) is 4.28. The summed E-state index contributed by atoms with van der Waals surface area (Å²) in [6.45, 7) is 5.32. The fourth-order valence-corrected chi connectivity index (χ4v) is 2.80. The molecule has 0 aromatic heterocycles. The molecule has 3 atom stereocenters. The topological polar surface area (TPSA) is 73.2 Å². The van der Waals surface area contributed by atoms with Crippen LogP contribution in [0.2, 0.25) is 0 Å². The number of amides is 2. The average Bonchev–Trinajstić information content (AvgIpc) is 3.20. The number of hydrogen-bond acceptors (Lipinski definition) is 4. The van der Waals surface area contributed by atoms with Crippen molar-refractivity contribution in [2.75, 3.05) is 13.1 Å². The first kappa shape index (κ1) is 15.0. The van der Waals surface area contributed by atoms with E-state index in [1.807, 2.05) is 6.92 Å². The molecule has 0 radical (unpaired) electrons. The van der Waals surface area contributed by atoms with Gasteiger partial charge in [0.25, 0.3) is 0 Å². The van der Waals surface area contributed by atoms with Crippen molar-refractivity contribution >= 4 is 11.8 Å². The van der Waals surface area contributed by atoms with Gasteiger partial charge >= 0.3 is 0 Å². The van der Waals surface area contributed by atoms with E-state index in [0.29, 0.717) is 6.54 Å². The van der Waals surface area contributed by atoms with Crippen LogP contribution < -0.4 is 5.32 Å². The highest BCUT2D eigenvalue weighted by Gasteiger charge is 2.58. The van der Waals surface area contributed by atoms with E-state index < -0.39 is 5.54 Å². The number of nitrogens with one attached hydrogen (secondary N) is 1. The molecule has 20 heavy (non-hydrogen) atoms. The van der Waals surface area contributed by atoms with Crippen molar-refractivity contribution in [1.82, 2.24) is 10.2 Å². The van der Waals surface area contributed by atoms with E-state index in [-0.39, 0.29) is 23.7 Å². The Bertz CT molecular complexity index is 423. The average molecular weight is 277 g/mol. The molecule has 2 rings (SSSR count). The molecule has 5 heteroatoms. The van der Waals surface area contributed by atoms with Gasteiger partial charge in [0.05, 0.1) is 17.9 Å². The lowest BCUT2D eigenvalue weighted by atomic mass is 9.96. The van der Waals surface area contributed by atoms with E-state index in [0.717, 1.165) is 38.6 Å². The molecule has 1 saturated heterocycles. The molecule has 2 aliphatic rings. The van der Waals surface area contributed by atoms with Crippen LogP contribution in [-0.4, -0.2) is 35.3 Å². The number of unbranched alkanes of at least 4 members (excludes halogenated alkanes) is 1. The Morgan fingerprint density at radius 3 is 2.55 bits per heavy atom. The number of carbonyl (C=O) groups excluding carboxylic acids is 2. The van der Waals surface area contributed by atoms with E-state index in [2.05, 4.69) is 18.3 Å². The number of piperidine rings is 1. The second kappa shape index (κ2) is 5.92. The highest BCUT2D eigenvalue weighted by molar-refractivity contribution is 6.08. The van der Waals surface area contributed by atoms with Crippen LogP contribution in [0.3, 0.4) is 0 Å². The van der Waals surface area contributed by atoms with Gasteiger partial charge in [0.15, 0.2) is 0 Å². The number of rotatable bonds is 8. The van der Waals surface area contributed by atoms with E-state index in [4.69, 9.17) is 0 Å². The summed E-state index contributed by atoms with van der Waals surface area (Å²) in [6, 6.07) is 2.31. The molecule has 3 unspecified atom stereocenters. The van der Waals surface area contributed by atoms with Crippen LogP contribution in [0.25, 0.3) is 0 Å². The van der Waals surface area contributed by atoms with Crippen LogP contribution in [0.15, 0.2) is 0 Å². The quantitative estimate of drug-likeness (QED) is 0.538. The maximum Gasteiger partial charge on any atom is 0.233 e. The highest BCUT2D eigenvalue weighted by atomic mass is 16.2. The first-order chi connectivity index (χ1) is 9.52. The third kappa shape index (κ3) is 3.01. The minimum Gasteiger partial charge on any atom is -0.300 e. The van der Waals surface area contributed by atoms with Crippen LogP contribution in [-0.2, 0) is 9.59 Å². The van der Waals surface area contributed by atoms with E-state index >= 15 is 0 Å². The molecule has 2 amide bonds. The Labute approximate surface area is 120 Å². The number of hydrogen-bond donors (Lipinski definition) is 1. The Hall–Kier alpha value is -1.41. The van der Waals surface area contributed by atoms with Crippen molar-refractivity contribution in [1.29, 1.82) is 5.26 Å². The van der Waals surface area contributed by atoms with Gasteiger partial charge in [0.2, 0.25) is 11.8 Å². The molecule has 1 heterocycles. The first-order valence-electron chi connectivity index (χ1n) is 7.54. The summed E-state index contributed by atoms with van der Waals surface area (Å²) in [7, 11) is 0. The van der Waals surface area contributed by atoms with Crippen LogP contribution in [0.5, 0.6) is 0 Å². The monoisotopic (exact) mass is 277 g/mol. The maximum atomic E-state index is 11.8. The lowest BCUT2D eigenvalue weighted by Gasteiger charge is -2.23. The van der Waals surface area contributed by atoms with Gasteiger partial charge in [-0.3, -0.25) is 19.8 Å². The van der Waals surface area contributed by atoms with Gasteiger partial charge in [-0.25, -0.2) is 0 Å². The van der Waals surface area contributed by atoms with Crippen LogP contribution in [0.1, 0.15) is 46.0 Å². The zero-order valence-corrected chi connectivity index (χ0v) is 12.3. The molecule has 1 aliphatic heterocycles. The van der Waals surface area contributed by atoms with Crippen LogP contribution in [0, 0.1) is 23.2 Å². The van der Waals surface area contributed by atoms with E-state index in [1.54, 1.807) is 0 Å². The van der Waals surface area contributed by atoms with Crippen molar-refractivity contribution in [3.05, 3.63) is 0 Å². The summed E-state index contributed by atoms with van der Waals surface area (Å²) in [5, 5.41) is 12.5. The number of nitrogens with zero attached hydrogens (tertiary/aromatic N) is 2.